The highest BCUT2D eigenvalue weighted by Crippen LogP contribution is 2.22. The predicted octanol–water partition coefficient (Wildman–Crippen LogP) is 3.11. The monoisotopic (exact) mass is 447 g/mol. The highest BCUT2D eigenvalue weighted by molar-refractivity contribution is 7.88. The van der Waals surface area contributed by atoms with E-state index in [9.17, 15) is 8.42 Å². The van der Waals surface area contributed by atoms with E-state index in [0.29, 0.717) is 53.1 Å². The van der Waals surface area contributed by atoms with Crippen molar-refractivity contribution in [2.24, 2.45) is 0 Å². The van der Waals surface area contributed by atoms with Crippen LogP contribution in [0.15, 0.2) is 42.7 Å². The molecule has 1 aromatic carbocycles. The van der Waals surface area contributed by atoms with Crippen LogP contribution in [0.3, 0.4) is 0 Å². The summed E-state index contributed by atoms with van der Waals surface area (Å²) in [4.78, 5) is 17.4. The van der Waals surface area contributed by atoms with Crippen molar-refractivity contribution in [2.75, 3.05) is 7.05 Å². The molecule has 3 rings (SSSR count). The van der Waals surface area contributed by atoms with Crippen LogP contribution in [0.25, 0.3) is 0 Å². The van der Waals surface area contributed by atoms with Gasteiger partial charge in [0.25, 0.3) is 0 Å². The van der Waals surface area contributed by atoms with Crippen LogP contribution in [0.2, 0.25) is 5.02 Å². The lowest BCUT2D eigenvalue weighted by atomic mass is 10.2. The summed E-state index contributed by atoms with van der Waals surface area (Å²) < 4.78 is 31.5. The quantitative estimate of drug-likeness (QED) is 0.537. The Hall–Kier alpha value is -2.62. The van der Waals surface area contributed by atoms with E-state index in [2.05, 4.69) is 24.7 Å². The second-order valence-electron chi connectivity index (χ2n) is 6.49. The second-order valence-corrected chi connectivity index (χ2v) is 8.86. The average molecular weight is 448 g/mol. The molecule has 0 aliphatic heterocycles. The molecule has 0 saturated carbocycles. The zero-order chi connectivity index (χ0) is 21.6. The zero-order valence-corrected chi connectivity index (χ0v) is 18.2. The van der Waals surface area contributed by atoms with Crippen LogP contribution >= 0.6 is 11.6 Å². The summed E-state index contributed by atoms with van der Waals surface area (Å²) in [6, 6.07) is 8.65. The lowest BCUT2D eigenvalue weighted by Gasteiger charge is -2.09. The van der Waals surface area contributed by atoms with Gasteiger partial charge in [-0.15, -0.1) is 0 Å². The molecule has 0 bridgehead atoms. The van der Waals surface area contributed by atoms with Gasteiger partial charge in [-0.25, -0.2) is 28.1 Å². The van der Waals surface area contributed by atoms with Crippen molar-refractivity contribution >= 4 is 21.6 Å². The number of benzene rings is 1. The van der Waals surface area contributed by atoms with Crippen LogP contribution in [0.1, 0.15) is 29.8 Å². The van der Waals surface area contributed by atoms with Gasteiger partial charge in [-0.3, -0.25) is 0 Å². The maximum Gasteiger partial charge on any atom is 0.222 e. The van der Waals surface area contributed by atoms with E-state index < -0.39 is 10.0 Å². The molecule has 30 heavy (non-hydrogen) atoms. The van der Waals surface area contributed by atoms with Gasteiger partial charge in [-0.2, -0.15) is 4.98 Å². The Bertz CT molecular complexity index is 1090. The minimum atomic E-state index is -3.32. The number of hydrogen-bond donors (Lipinski definition) is 1. The fourth-order valence-electron chi connectivity index (χ4n) is 2.64. The van der Waals surface area contributed by atoms with Crippen molar-refractivity contribution in [3.05, 3.63) is 70.7 Å². The van der Waals surface area contributed by atoms with E-state index in [1.165, 1.54) is 7.05 Å². The number of sulfonamides is 1. The van der Waals surface area contributed by atoms with Gasteiger partial charge in [0, 0.05) is 37.0 Å². The molecule has 0 fully saturated rings. The number of rotatable bonds is 9. The molecule has 0 unspecified atom stereocenters. The SMILES string of the molecule is CCc1nc(CCc2ncc(Cl)cn2)cc(Oc2ccc(CS(=O)(=O)NC)cc2)n1. The molecule has 1 N–H and O–H groups in total. The van der Waals surface area contributed by atoms with Crippen molar-refractivity contribution in [2.45, 2.75) is 31.9 Å². The minimum absolute atomic E-state index is 0.0891. The number of aryl methyl sites for hydroxylation is 3. The van der Waals surface area contributed by atoms with Crippen molar-refractivity contribution < 1.29 is 13.2 Å². The normalized spacial score (nSPS) is 11.4. The third-order valence-corrected chi connectivity index (χ3v) is 5.74. The lowest BCUT2D eigenvalue weighted by molar-refractivity contribution is 0.457. The Labute approximate surface area is 180 Å². The van der Waals surface area contributed by atoms with Crippen molar-refractivity contribution in [1.29, 1.82) is 0 Å². The van der Waals surface area contributed by atoms with E-state index in [1.807, 2.05) is 6.92 Å². The molecule has 2 aromatic heterocycles. The molecule has 8 nitrogen and oxygen atoms in total. The van der Waals surface area contributed by atoms with E-state index in [0.717, 1.165) is 5.69 Å². The zero-order valence-electron chi connectivity index (χ0n) is 16.7. The molecule has 158 valence electrons. The second kappa shape index (κ2) is 9.92. The van der Waals surface area contributed by atoms with Crippen LogP contribution in [-0.2, 0) is 35.0 Å². The summed E-state index contributed by atoms with van der Waals surface area (Å²) in [7, 11) is -1.93. The van der Waals surface area contributed by atoms with Crippen LogP contribution < -0.4 is 9.46 Å². The number of ether oxygens (including phenoxy) is 1. The summed E-state index contributed by atoms with van der Waals surface area (Å²) in [5.41, 5.74) is 1.49. The van der Waals surface area contributed by atoms with Gasteiger partial charge in [0.15, 0.2) is 0 Å². The van der Waals surface area contributed by atoms with Crippen molar-refractivity contribution in [3.8, 4) is 11.6 Å². The van der Waals surface area contributed by atoms with E-state index in [1.54, 1.807) is 42.7 Å². The summed E-state index contributed by atoms with van der Waals surface area (Å²) in [5.74, 6) is 2.27. The molecule has 3 aromatic rings. The van der Waals surface area contributed by atoms with Crippen LogP contribution in [-0.4, -0.2) is 35.4 Å². The van der Waals surface area contributed by atoms with Gasteiger partial charge in [0.1, 0.15) is 17.4 Å². The predicted molar refractivity (Wildman–Crippen MR) is 114 cm³/mol. The number of nitrogens with one attached hydrogen (secondary N) is 1. The smallest absolute Gasteiger partial charge is 0.222 e. The first kappa shape index (κ1) is 22.1. The Morgan fingerprint density at radius 2 is 1.73 bits per heavy atom. The molecule has 10 heteroatoms. The van der Waals surface area contributed by atoms with Gasteiger partial charge in [-0.1, -0.05) is 30.7 Å². The average Bonchev–Trinajstić information content (AvgIpc) is 2.74. The van der Waals surface area contributed by atoms with Gasteiger partial charge < -0.3 is 4.74 Å². The highest BCUT2D eigenvalue weighted by atomic mass is 35.5. The van der Waals surface area contributed by atoms with Crippen molar-refractivity contribution in [3.63, 3.8) is 0 Å². The third kappa shape index (κ3) is 6.45. The number of nitrogens with zero attached hydrogens (tertiary/aromatic N) is 4. The van der Waals surface area contributed by atoms with Crippen LogP contribution in [0, 0.1) is 0 Å². The standard InChI is InChI=1S/C20H22ClN5O3S/c1-3-18-25-16(6-9-19-23-11-15(21)12-24-19)10-20(26-18)29-17-7-4-14(5-8-17)13-30(27,28)22-2/h4-5,7-8,10-12,22H,3,6,9,13H2,1-2H3. The Morgan fingerprint density at radius 3 is 2.37 bits per heavy atom. The summed E-state index contributed by atoms with van der Waals surface area (Å²) in [6.07, 6.45) is 5.06. The van der Waals surface area contributed by atoms with E-state index >= 15 is 0 Å². The molecule has 0 atom stereocenters. The Kier molecular flexibility index (Phi) is 7.30. The summed E-state index contributed by atoms with van der Waals surface area (Å²) in [5, 5.41) is 0.499. The first-order valence-corrected chi connectivity index (χ1v) is 11.4. The number of hydrogen-bond acceptors (Lipinski definition) is 7. The number of halogens is 1. The van der Waals surface area contributed by atoms with Gasteiger partial charge in [0.2, 0.25) is 15.9 Å². The first-order valence-electron chi connectivity index (χ1n) is 9.38. The molecule has 0 amide bonds. The Balaban J connectivity index is 1.70. The largest absolute Gasteiger partial charge is 0.439 e. The van der Waals surface area contributed by atoms with Gasteiger partial charge in [-0.05, 0) is 31.2 Å². The van der Waals surface area contributed by atoms with Gasteiger partial charge >= 0.3 is 0 Å². The maximum atomic E-state index is 11.7. The summed E-state index contributed by atoms with van der Waals surface area (Å²) in [6.45, 7) is 1.97. The molecule has 0 saturated heterocycles. The fourth-order valence-corrected chi connectivity index (χ4v) is 3.51. The third-order valence-electron chi connectivity index (χ3n) is 4.21. The fraction of sp³-hybridized carbons (Fsp3) is 0.300. The topological polar surface area (TPSA) is 107 Å². The van der Waals surface area contributed by atoms with Crippen LogP contribution in [0.4, 0.5) is 0 Å². The van der Waals surface area contributed by atoms with Crippen LogP contribution in [0.5, 0.6) is 11.6 Å². The molecule has 0 aliphatic rings. The molecule has 0 aliphatic carbocycles. The highest BCUT2D eigenvalue weighted by Gasteiger charge is 2.10. The molecular weight excluding hydrogens is 426 g/mol. The molecule has 0 spiro atoms. The van der Waals surface area contributed by atoms with Gasteiger partial charge in [0.05, 0.1) is 10.8 Å². The first-order chi connectivity index (χ1) is 14.4. The Morgan fingerprint density at radius 1 is 1.03 bits per heavy atom. The maximum absolute atomic E-state index is 11.7. The van der Waals surface area contributed by atoms with E-state index in [-0.39, 0.29) is 5.75 Å². The lowest BCUT2D eigenvalue weighted by Crippen LogP contribution is -2.20. The molecule has 0 radical (unpaired) electrons. The van der Waals surface area contributed by atoms with E-state index in [4.69, 9.17) is 16.3 Å². The molecular formula is C20H22ClN5O3S. The van der Waals surface area contributed by atoms with Crippen molar-refractivity contribution in [1.82, 2.24) is 24.7 Å². The molecule has 2 heterocycles. The minimum Gasteiger partial charge on any atom is -0.439 e. The number of aromatic nitrogens is 4. The summed E-state index contributed by atoms with van der Waals surface area (Å²) >= 11 is 5.82.